The lowest BCUT2D eigenvalue weighted by Crippen LogP contribution is -2.45. The molecule has 0 aliphatic carbocycles. The predicted molar refractivity (Wildman–Crippen MR) is 108 cm³/mol. The van der Waals surface area contributed by atoms with Crippen molar-refractivity contribution in [3.05, 3.63) is 35.9 Å². The van der Waals surface area contributed by atoms with Crippen LogP contribution in [0, 0.1) is 5.92 Å². The number of aliphatic hydroxyl groups is 1. The Kier molecular flexibility index (Phi) is 9.55. The van der Waals surface area contributed by atoms with Crippen molar-refractivity contribution in [3.63, 3.8) is 0 Å². The van der Waals surface area contributed by atoms with Gasteiger partial charge in [0.25, 0.3) is 0 Å². The third-order valence-corrected chi connectivity index (χ3v) is 4.18. The van der Waals surface area contributed by atoms with E-state index in [0.717, 1.165) is 37.1 Å². The number of aliphatic hydroxyl groups excluding tert-OH is 1. The number of hydrogen-bond donors (Lipinski definition) is 2. The van der Waals surface area contributed by atoms with Crippen LogP contribution in [0.15, 0.2) is 35.3 Å². The van der Waals surface area contributed by atoms with E-state index in [1.54, 1.807) is 0 Å². The maximum Gasteiger partial charge on any atom is 0.194 e. The molecule has 0 radical (unpaired) electrons. The highest BCUT2D eigenvalue weighted by molar-refractivity contribution is 14.0. The molecule has 1 aliphatic heterocycles. The summed E-state index contributed by atoms with van der Waals surface area (Å²) in [6.45, 7) is 7.82. The van der Waals surface area contributed by atoms with Crippen molar-refractivity contribution in [2.24, 2.45) is 10.9 Å². The van der Waals surface area contributed by atoms with Crippen molar-refractivity contribution in [2.75, 3.05) is 26.2 Å². The van der Waals surface area contributed by atoms with E-state index in [1.165, 1.54) is 12.8 Å². The first kappa shape index (κ1) is 20.2. The Morgan fingerprint density at radius 2 is 1.96 bits per heavy atom. The number of guanidine groups is 1. The average molecular weight is 431 g/mol. The molecule has 0 bridgehead atoms. The van der Waals surface area contributed by atoms with Crippen LogP contribution < -0.4 is 5.32 Å². The monoisotopic (exact) mass is 431 g/mol. The second-order valence-electron chi connectivity index (χ2n) is 6.21. The van der Waals surface area contributed by atoms with Crippen molar-refractivity contribution in [2.45, 2.75) is 39.2 Å². The molecule has 1 atom stereocenters. The quantitative estimate of drug-likeness (QED) is 0.428. The smallest absolute Gasteiger partial charge is 0.194 e. The molecule has 0 amide bonds. The van der Waals surface area contributed by atoms with Gasteiger partial charge in [-0.1, -0.05) is 37.3 Å². The molecule has 23 heavy (non-hydrogen) atoms. The molecule has 0 spiro atoms. The van der Waals surface area contributed by atoms with Crippen molar-refractivity contribution < 1.29 is 5.11 Å². The van der Waals surface area contributed by atoms with Gasteiger partial charge in [0.1, 0.15) is 0 Å². The molecule has 1 aromatic carbocycles. The molecule has 1 aliphatic rings. The zero-order chi connectivity index (χ0) is 15.8. The highest BCUT2D eigenvalue weighted by Gasteiger charge is 2.18. The highest BCUT2D eigenvalue weighted by Crippen LogP contribution is 2.16. The summed E-state index contributed by atoms with van der Waals surface area (Å²) in [4.78, 5) is 6.96. The van der Waals surface area contributed by atoms with Gasteiger partial charge in [0.15, 0.2) is 5.96 Å². The Morgan fingerprint density at radius 1 is 1.30 bits per heavy atom. The van der Waals surface area contributed by atoms with E-state index in [-0.39, 0.29) is 24.0 Å². The molecule has 1 saturated heterocycles. The number of nitrogens with zero attached hydrogens (tertiary/aromatic N) is 2. The van der Waals surface area contributed by atoms with Gasteiger partial charge in [0.2, 0.25) is 0 Å². The van der Waals surface area contributed by atoms with Crippen LogP contribution in [-0.4, -0.2) is 48.2 Å². The van der Waals surface area contributed by atoms with E-state index in [0.29, 0.717) is 13.0 Å². The third-order valence-electron chi connectivity index (χ3n) is 4.18. The van der Waals surface area contributed by atoms with Gasteiger partial charge in [0.05, 0.1) is 12.6 Å². The van der Waals surface area contributed by atoms with Gasteiger partial charge in [0, 0.05) is 26.1 Å². The largest absolute Gasteiger partial charge is 0.391 e. The van der Waals surface area contributed by atoms with Crippen LogP contribution in [0.4, 0.5) is 0 Å². The van der Waals surface area contributed by atoms with Gasteiger partial charge in [-0.2, -0.15) is 0 Å². The van der Waals surface area contributed by atoms with Crippen LogP contribution in [0.5, 0.6) is 0 Å². The van der Waals surface area contributed by atoms with E-state index in [1.807, 2.05) is 30.3 Å². The van der Waals surface area contributed by atoms with Crippen molar-refractivity contribution >= 4 is 29.9 Å². The normalized spacial score (nSPS) is 17.5. The summed E-state index contributed by atoms with van der Waals surface area (Å²) in [5.74, 6) is 1.75. The lowest BCUT2D eigenvalue weighted by atomic mass is 9.99. The fourth-order valence-corrected chi connectivity index (χ4v) is 2.79. The molecule has 1 heterocycles. The molecule has 0 aromatic heterocycles. The average Bonchev–Trinajstić information content (AvgIpc) is 2.53. The number of nitrogens with one attached hydrogen (secondary N) is 1. The Hall–Kier alpha value is -0.820. The molecular weight excluding hydrogens is 401 g/mol. The number of rotatable bonds is 5. The molecule has 1 aromatic rings. The topological polar surface area (TPSA) is 47.9 Å². The van der Waals surface area contributed by atoms with E-state index in [4.69, 9.17) is 0 Å². The lowest BCUT2D eigenvalue weighted by molar-refractivity contribution is 0.182. The van der Waals surface area contributed by atoms with Crippen molar-refractivity contribution in [1.29, 1.82) is 0 Å². The third kappa shape index (κ3) is 7.08. The van der Waals surface area contributed by atoms with Crippen LogP contribution in [0.25, 0.3) is 0 Å². The summed E-state index contributed by atoms with van der Waals surface area (Å²) in [5.41, 5.74) is 1.15. The summed E-state index contributed by atoms with van der Waals surface area (Å²) in [5, 5.41) is 13.6. The first-order chi connectivity index (χ1) is 10.7. The van der Waals surface area contributed by atoms with E-state index in [2.05, 4.69) is 29.1 Å². The molecule has 2 N–H and O–H groups in total. The molecule has 1 unspecified atom stereocenters. The maximum atomic E-state index is 10.2. The molecule has 4 nitrogen and oxygen atoms in total. The number of halogens is 1. The van der Waals surface area contributed by atoms with Gasteiger partial charge in [-0.25, -0.2) is 0 Å². The van der Waals surface area contributed by atoms with Crippen LogP contribution in [-0.2, 0) is 6.42 Å². The van der Waals surface area contributed by atoms with Gasteiger partial charge < -0.3 is 15.3 Å². The van der Waals surface area contributed by atoms with E-state index in [9.17, 15) is 5.11 Å². The van der Waals surface area contributed by atoms with Crippen LogP contribution >= 0.6 is 24.0 Å². The fourth-order valence-electron chi connectivity index (χ4n) is 2.79. The summed E-state index contributed by atoms with van der Waals surface area (Å²) in [6.07, 6.45) is 2.66. The zero-order valence-electron chi connectivity index (χ0n) is 14.2. The second-order valence-corrected chi connectivity index (χ2v) is 6.21. The van der Waals surface area contributed by atoms with Crippen molar-refractivity contribution in [3.8, 4) is 0 Å². The summed E-state index contributed by atoms with van der Waals surface area (Å²) in [6, 6.07) is 10.1. The zero-order valence-corrected chi connectivity index (χ0v) is 16.6. The Balaban J connectivity index is 0.00000264. The first-order valence-corrected chi connectivity index (χ1v) is 8.44. The Labute approximate surface area is 157 Å². The number of aliphatic imine (C=N–C) groups is 1. The Bertz CT molecular complexity index is 459. The van der Waals surface area contributed by atoms with Gasteiger partial charge >= 0.3 is 0 Å². The van der Waals surface area contributed by atoms with Gasteiger partial charge in [-0.3, -0.25) is 4.99 Å². The Morgan fingerprint density at radius 3 is 2.57 bits per heavy atom. The van der Waals surface area contributed by atoms with Crippen LogP contribution in [0.3, 0.4) is 0 Å². The first-order valence-electron chi connectivity index (χ1n) is 8.44. The van der Waals surface area contributed by atoms with Gasteiger partial charge in [-0.15, -0.1) is 24.0 Å². The summed E-state index contributed by atoms with van der Waals surface area (Å²) < 4.78 is 0. The standard InChI is InChI=1S/C18H29N3O.HI/c1-3-19-18(21-11-9-15(2)10-12-21)20-14-17(22)13-16-7-5-4-6-8-16;/h4-8,15,17,22H,3,9-14H2,1-2H3,(H,19,20);1H. The summed E-state index contributed by atoms with van der Waals surface area (Å²) >= 11 is 0. The SMILES string of the molecule is CCNC(=NCC(O)Cc1ccccc1)N1CCC(C)CC1.I. The lowest BCUT2D eigenvalue weighted by Gasteiger charge is -2.33. The minimum absolute atomic E-state index is 0. The van der Waals surface area contributed by atoms with Crippen molar-refractivity contribution in [1.82, 2.24) is 10.2 Å². The van der Waals surface area contributed by atoms with E-state index < -0.39 is 6.10 Å². The van der Waals surface area contributed by atoms with Gasteiger partial charge in [-0.05, 0) is 31.2 Å². The summed E-state index contributed by atoms with van der Waals surface area (Å²) in [7, 11) is 0. The number of piperidine rings is 1. The molecule has 0 saturated carbocycles. The van der Waals surface area contributed by atoms with Crippen LogP contribution in [0.2, 0.25) is 0 Å². The fraction of sp³-hybridized carbons (Fsp3) is 0.611. The highest BCUT2D eigenvalue weighted by atomic mass is 127. The van der Waals surface area contributed by atoms with Crippen LogP contribution in [0.1, 0.15) is 32.3 Å². The molecule has 1 fully saturated rings. The molecule has 5 heteroatoms. The molecule has 2 rings (SSSR count). The number of hydrogen-bond acceptors (Lipinski definition) is 2. The minimum Gasteiger partial charge on any atom is -0.391 e. The second kappa shape index (κ2) is 10.9. The minimum atomic E-state index is -0.431. The molecular formula is C18H30IN3O. The number of likely N-dealkylation sites (tertiary alicyclic amines) is 1. The number of benzene rings is 1. The maximum absolute atomic E-state index is 10.2. The predicted octanol–water partition coefficient (Wildman–Crippen LogP) is 2.91. The van der Waals surface area contributed by atoms with E-state index >= 15 is 0 Å². The molecule has 130 valence electrons.